The predicted molar refractivity (Wildman–Crippen MR) is 97.1 cm³/mol. The van der Waals surface area contributed by atoms with Crippen LogP contribution in [0.3, 0.4) is 0 Å². The van der Waals surface area contributed by atoms with Gasteiger partial charge in [0.05, 0.1) is 0 Å². The normalized spacial score (nSPS) is 11.5. The van der Waals surface area contributed by atoms with Gasteiger partial charge in [0.1, 0.15) is 6.04 Å². The van der Waals surface area contributed by atoms with E-state index >= 15 is 0 Å². The van der Waals surface area contributed by atoms with E-state index in [-0.39, 0.29) is 5.91 Å². The van der Waals surface area contributed by atoms with Crippen molar-refractivity contribution in [2.24, 2.45) is 0 Å². The van der Waals surface area contributed by atoms with Gasteiger partial charge in [-0.2, -0.15) is 5.26 Å². The molecular weight excluding hydrogens is 328 g/mol. The van der Waals surface area contributed by atoms with Gasteiger partial charge in [0.2, 0.25) is 0 Å². The van der Waals surface area contributed by atoms with Crippen LogP contribution in [0.1, 0.15) is 12.5 Å². The molecule has 1 amide bonds. The highest BCUT2D eigenvalue weighted by Gasteiger charge is 2.24. The number of rotatable bonds is 5. The smallest absolute Gasteiger partial charge is 0.258 e. The fourth-order valence-corrected chi connectivity index (χ4v) is 3.53. The minimum absolute atomic E-state index is 0.303. The maximum absolute atomic E-state index is 12.4. The highest BCUT2D eigenvalue weighted by molar-refractivity contribution is 7.80. The summed E-state index contributed by atoms with van der Waals surface area (Å²) in [5.74, 6) is -0.303. The summed E-state index contributed by atoms with van der Waals surface area (Å²) in [6, 6.07) is 7.49. The van der Waals surface area contributed by atoms with Crippen LogP contribution in [-0.2, 0) is 11.2 Å². The summed E-state index contributed by atoms with van der Waals surface area (Å²) in [4.78, 5) is 13.5. The Morgan fingerprint density at radius 3 is 2.91 bits per heavy atom. The number of fused-ring (bicyclic) bond motifs is 1. The van der Waals surface area contributed by atoms with E-state index in [0.29, 0.717) is 18.1 Å². The van der Waals surface area contributed by atoms with Gasteiger partial charge in [0.15, 0.2) is 11.3 Å². The highest BCUT2D eigenvalue weighted by Crippen LogP contribution is 2.26. The van der Waals surface area contributed by atoms with Crippen molar-refractivity contribution >= 4 is 44.7 Å². The fourth-order valence-electron chi connectivity index (χ4n) is 2.26. The van der Waals surface area contributed by atoms with Gasteiger partial charge in [-0.3, -0.25) is 9.69 Å². The third kappa shape index (κ3) is 4.18. The van der Waals surface area contributed by atoms with E-state index in [2.05, 4.69) is 22.1 Å². The van der Waals surface area contributed by atoms with Crippen molar-refractivity contribution in [3.63, 3.8) is 0 Å². The van der Waals surface area contributed by atoms with E-state index in [1.54, 1.807) is 11.3 Å². The Hall–Kier alpha value is -2.17. The van der Waals surface area contributed by atoms with Crippen LogP contribution < -0.4 is 10.6 Å². The fraction of sp³-hybridized carbons (Fsp3) is 0.312. The summed E-state index contributed by atoms with van der Waals surface area (Å²) in [6.07, 6.45) is 2.32. The summed E-state index contributed by atoms with van der Waals surface area (Å²) in [6.45, 7) is 2.60. The Bertz CT molecular complexity index is 750. The molecule has 23 heavy (non-hydrogen) atoms. The van der Waals surface area contributed by atoms with E-state index in [9.17, 15) is 4.79 Å². The quantitative estimate of drug-likeness (QED) is 0.494. The van der Waals surface area contributed by atoms with Gasteiger partial charge in [0.25, 0.3) is 5.91 Å². The van der Waals surface area contributed by atoms with E-state index in [4.69, 9.17) is 17.5 Å². The first-order chi connectivity index (χ1) is 11.1. The third-order valence-electron chi connectivity index (χ3n) is 3.41. The zero-order chi connectivity index (χ0) is 16.8. The second-order valence-corrected chi connectivity index (χ2v) is 6.33. The molecule has 1 heterocycles. The minimum atomic E-state index is -0.579. The zero-order valence-electron chi connectivity index (χ0n) is 13.0. The molecule has 0 bridgehead atoms. The van der Waals surface area contributed by atoms with Gasteiger partial charge >= 0.3 is 0 Å². The largest absolute Gasteiger partial charge is 0.363 e. The topological polar surface area (TPSA) is 68.2 Å². The molecule has 5 nitrogen and oxygen atoms in total. The number of hydrogen-bond acceptors (Lipinski definition) is 4. The Morgan fingerprint density at radius 2 is 2.22 bits per heavy atom. The third-order valence-corrected chi connectivity index (χ3v) is 4.68. The van der Waals surface area contributed by atoms with E-state index in [1.807, 2.05) is 31.3 Å². The Balaban J connectivity index is 2.24. The summed E-state index contributed by atoms with van der Waals surface area (Å²) >= 11 is 6.83. The number of likely N-dealkylation sites (N-methyl/N-ethyl adjacent to an activating group) is 1. The summed E-state index contributed by atoms with van der Waals surface area (Å²) in [5.41, 5.74) is 1.07. The summed E-state index contributed by atoms with van der Waals surface area (Å²) in [7, 11) is 1.46. The van der Waals surface area contributed by atoms with Crippen molar-refractivity contribution in [1.82, 2.24) is 15.5 Å². The zero-order valence-corrected chi connectivity index (χ0v) is 14.6. The van der Waals surface area contributed by atoms with Crippen molar-refractivity contribution in [1.29, 1.82) is 5.26 Å². The lowest BCUT2D eigenvalue weighted by Crippen LogP contribution is -2.50. The monoisotopic (exact) mass is 346 g/mol. The second-order valence-electron chi connectivity index (χ2n) is 5.01. The van der Waals surface area contributed by atoms with Gasteiger partial charge in [-0.05, 0) is 41.5 Å². The number of thiocarbonyl (C=S) groups is 1. The molecule has 1 aromatic carbocycles. The van der Waals surface area contributed by atoms with Crippen molar-refractivity contribution in [2.75, 3.05) is 13.6 Å². The van der Waals surface area contributed by atoms with Crippen molar-refractivity contribution in [3.05, 3.63) is 35.2 Å². The highest BCUT2D eigenvalue weighted by atomic mass is 32.1. The van der Waals surface area contributed by atoms with Gasteiger partial charge in [-0.1, -0.05) is 18.2 Å². The van der Waals surface area contributed by atoms with E-state index < -0.39 is 6.04 Å². The molecule has 0 radical (unpaired) electrons. The summed E-state index contributed by atoms with van der Waals surface area (Å²) in [5, 5.41) is 18.6. The Labute approximate surface area is 144 Å². The van der Waals surface area contributed by atoms with Gasteiger partial charge in [0, 0.05) is 24.7 Å². The van der Waals surface area contributed by atoms with E-state index in [0.717, 1.165) is 15.8 Å². The molecule has 1 unspecified atom stereocenters. The van der Waals surface area contributed by atoms with Crippen LogP contribution >= 0.6 is 23.6 Å². The maximum Gasteiger partial charge on any atom is 0.258 e. The first-order valence-corrected chi connectivity index (χ1v) is 8.52. The van der Waals surface area contributed by atoms with Gasteiger partial charge < -0.3 is 10.6 Å². The molecule has 2 rings (SSSR count). The molecule has 0 aliphatic rings. The van der Waals surface area contributed by atoms with Crippen LogP contribution in [0, 0.1) is 11.5 Å². The van der Waals surface area contributed by atoms with E-state index in [1.165, 1.54) is 11.7 Å². The lowest BCUT2D eigenvalue weighted by molar-refractivity contribution is -0.128. The number of carbonyl (C=O) groups excluding carboxylic acids is 1. The molecule has 1 atom stereocenters. The van der Waals surface area contributed by atoms with Crippen LogP contribution in [-0.4, -0.2) is 35.6 Å². The molecule has 0 spiro atoms. The summed E-state index contributed by atoms with van der Waals surface area (Å²) < 4.78 is 1.18. The number of amides is 1. The minimum Gasteiger partial charge on any atom is -0.363 e. The van der Waals surface area contributed by atoms with Crippen LogP contribution in [0.2, 0.25) is 0 Å². The molecule has 1 aromatic heterocycles. The standard InChI is InChI=1S/C16H18N4OS2/c1-3-18-16(22)19-13(15(21)20(2)10-17)8-11-9-23-14-7-5-4-6-12(11)14/h4-7,9,13H,3,8H2,1-2H3,(H2,18,19,22). The second kappa shape index (κ2) is 7.90. The van der Waals surface area contributed by atoms with Gasteiger partial charge in [-0.15, -0.1) is 11.3 Å². The van der Waals surface area contributed by atoms with Crippen LogP contribution in [0.25, 0.3) is 10.1 Å². The average molecular weight is 346 g/mol. The molecule has 2 aromatic rings. The Kier molecular flexibility index (Phi) is 5.90. The van der Waals surface area contributed by atoms with Crippen molar-refractivity contribution in [3.8, 4) is 6.19 Å². The number of carbonyl (C=O) groups is 1. The number of nitrogens with one attached hydrogen (secondary N) is 2. The SMILES string of the molecule is CCNC(=S)NC(Cc1csc2ccccc12)C(=O)N(C)C#N. The number of hydrogen-bond donors (Lipinski definition) is 2. The molecule has 0 aliphatic carbocycles. The molecule has 7 heteroatoms. The molecule has 0 saturated carbocycles. The van der Waals surface area contributed by atoms with Gasteiger partial charge in [-0.25, -0.2) is 0 Å². The first-order valence-electron chi connectivity index (χ1n) is 7.23. The van der Waals surface area contributed by atoms with Crippen LogP contribution in [0.15, 0.2) is 29.6 Å². The molecule has 0 fully saturated rings. The lowest BCUT2D eigenvalue weighted by atomic mass is 10.0. The number of thiophene rings is 1. The predicted octanol–water partition coefficient (Wildman–Crippen LogP) is 2.24. The number of nitrogens with zero attached hydrogens (tertiary/aromatic N) is 2. The van der Waals surface area contributed by atoms with Crippen LogP contribution in [0.5, 0.6) is 0 Å². The van der Waals surface area contributed by atoms with Crippen molar-refractivity contribution in [2.45, 2.75) is 19.4 Å². The first kappa shape index (κ1) is 17.2. The van der Waals surface area contributed by atoms with Crippen molar-refractivity contribution < 1.29 is 4.79 Å². The maximum atomic E-state index is 12.4. The molecular formula is C16H18N4OS2. The molecule has 2 N–H and O–H groups in total. The molecule has 0 saturated heterocycles. The molecule has 120 valence electrons. The Morgan fingerprint density at radius 1 is 1.48 bits per heavy atom. The van der Waals surface area contributed by atoms with Crippen LogP contribution in [0.4, 0.5) is 0 Å². The number of nitriles is 1. The number of benzene rings is 1. The molecule has 0 aliphatic heterocycles. The lowest BCUT2D eigenvalue weighted by Gasteiger charge is -2.21. The average Bonchev–Trinajstić information content (AvgIpc) is 2.96.